The van der Waals surface area contributed by atoms with Gasteiger partial charge in [0.1, 0.15) is 6.61 Å². The van der Waals surface area contributed by atoms with Crippen molar-refractivity contribution in [3.63, 3.8) is 0 Å². The van der Waals surface area contributed by atoms with Crippen molar-refractivity contribution in [2.75, 3.05) is 13.2 Å². The Balaban J connectivity index is 1.55. The topological polar surface area (TPSA) is 30.5 Å². The molecular weight excluding hydrogens is 441 g/mol. The number of hydrogen-bond donors (Lipinski definition) is 1. The summed E-state index contributed by atoms with van der Waals surface area (Å²) in [6.45, 7) is 4.49. The van der Waals surface area contributed by atoms with Gasteiger partial charge < -0.3 is 14.8 Å². The highest BCUT2D eigenvalue weighted by molar-refractivity contribution is 6.35. The van der Waals surface area contributed by atoms with Crippen molar-refractivity contribution in [3.8, 4) is 11.5 Å². The minimum Gasteiger partial charge on any atom is -0.490 e. The third-order valence-corrected chi connectivity index (χ3v) is 5.33. The van der Waals surface area contributed by atoms with Crippen LogP contribution < -0.4 is 14.8 Å². The lowest BCUT2D eigenvalue weighted by molar-refractivity contribution is 0.269. The van der Waals surface area contributed by atoms with Crippen molar-refractivity contribution in [3.05, 3.63) is 92.4 Å². The van der Waals surface area contributed by atoms with E-state index in [2.05, 4.69) is 5.32 Å². The predicted octanol–water partition coefficient (Wildman–Crippen LogP) is 6.96. The van der Waals surface area contributed by atoms with Gasteiger partial charge in [0, 0.05) is 21.6 Å². The van der Waals surface area contributed by atoms with Gasteiger partial charge in [0.2, 0.25) is 0 Å². The Hall–Kier alpha value is -1.91. The predicted molar refractivity (Wildman–Crippen MR) is 125 cm³/mol. The maximum absolute atomic E-state index is 6.23. The van der Waals surface area contributed by atoms with Gasteiger partial charge in [-0.05, 0) is 73.0 Å². The van der Waals surface area contributed by atoms with Crippen LogP contribution in [-0.4, -0.2) is 13.2 Å². The molecule has 0 saturated heterocycles. The summed E-state index contributed by atoms with van der Waals surface area (Å²) in [5.74, 6) is 1.45. The first-order valence-electron chi connectivity index (χ1n) is 9.82. The minimum absolute atomic E-state index is 0.431. The largest absolute Gasteiger partial charge is 0.490 e. The standard InChI is InChI=1S/C24H24Cl3NO2/c1-2-29-24-13-17(15-28-11-10-19-7-8-21(26)14-22(19)27)6-9-23(24)30-16-18-4-3-5-20(25)12-18/h3-9,12-14,28H,2,10-11,15-16H2,1H3. The fourth-order valence-electron chi connectivity index (χ4n) is 3.02. The van der Waals surface area contributed by atoms with Gasteiger partial charge in [0.05, 0.1) is 6.61 Å². The second kappa shape index (κ2) is 11.5. The van der Waals surface area contributed by atoms with E-state index in [4.69, 9.17) is 44.3 Å². The number of ether oxygens (including phenoxy) is 2. The molecule has 6 heteroatoms. The summed E-state index contributed by atoms with van der Waals surface area (Å²) < 4.78 is 11.7. The molecule has 3 aromatic rings. The molecule has 0 bridgehead atoms. The van der Waals surface area contributed by atoms with E-state index in [9.17, 15) is 0 Å². The Labute approximate surface area is 192 Å². The summed E-state index contributed by atoms with van der Waals surface area (Å²) in [5, 5.41) is 5.49. The highest BCUT2D eigenvalue weighted by atomic mass is 35.5. The third-order valence-electron chi connectivity index (χ3n) is 4.51. The third kappa shape index (κ3) is 6.82. The monoisotopic (exact) mass is 463 g/mol. The fraction of sp³-hybridized carbons (Fsp3) is 0.250. The second-order valence-corrected chi connectivity index (χ2v) is 8.08. The normalized spacial score (nSPS) is 10.8. The summed E-state index contributed by atoms with van der Waals surface area (Å²) in [6.07, 6.45) is 0.829. The summed E-state index contributed by atoms with van der Waals surface area (Å²) in [5.41, 5.74) is 3.21. The average molecular weight is 465 g/mol. The molecule has 3 aromatic carbocycles. The molecule has 0 aromatic heterocycles. The van der Waals surface area contributed by atoms with Crippen LogP contribution in [0, 0.1) is 0 Å². The minimum atomic E-state index is 0.431. The molecule has 0 aliphatic carbocycles. The van der Waals surface area contributed by atoms with Crippen molar-refractivity contribution >= 4 is 34.8 Å². The molecule has 0 spiro atoms. The van der Waals surface area contributed by atoms with E-state index in [-0.39, 0.29) is 0 Å². The van der Waals surface area contributed by atoms with Crippen LogP contribution in [0.2, 0.25) is 15.1 Å². The lowest BCUT2D eigenvalue weighted by atomic mass is 10.1. The molecule has 0 saturated carbocycles. The molecule has 0 fully saturated rings. The Bertz CT molecular complexity index is 978. The number of nitrogens with one attached hydrogen (secondary N) is 1. The number of benzene rings is 3. The van der Waals surface area contributed by atoms with Crippen molar-refractivity contribution < 1.29 is 9.47 Å². The molecule has 0 aliphatic heterocycles. The van der Waals surface area contributed by atoms with Gasteiger partial charge in [-0.1, -0.05) is 59.1 Å². The maximum atomic E-state index is 6.23. The van der Waals surface area contributed by atoms with Gasteiger partial charge in [0.15, 0.2) is 11.5 Å². The van der Waals surface area contributed by atoms with Gasteiger partial charge in [-0.25, -0.2) is 0 Å². The van der Waals surface area contributed by atoms with E-state index in [1.54, 1.807) is 6.07 Å². The molecule has 0 amide bonds. The highest BCUT2D eigenvalue weighted by Gasteiger charge is 2.08. The van der Waals surface area contributed by atoms with Crippen molar-refractivity contribution in [2.24, 2.45) is 0 Å². The highest BCUT2D eigenvalue weighted by Crippen LogP contribution is 2.29. The average Bonchev–Trinajstić information content (AvgIpc) is 2.72. The quantitative estimate of drug-likeness (QED) is 0.329. The van der Waals surface area contributed by atoms with Crippen LogP contribution in [0.25, 0.3) is 0 Å². The van der Waals surface area contributed by atoms with Crippen LogP contribution >= 0.6 is 34.8 Å². The van der Waals surface area contributed by atoms with Crippen molar-refractivity contribution in [2.45, 2.75) is 26.5 Å². The van der Waals surface area contributed by atoms with E-state index in [1.807, 2.05) is 61.5 Å². The van der Waals surface area contributed by atoms with Crippen LogP contribution in [0.4, 0.5) is 0 Å². The molecule has 0 unspecified atom stereocenters. The SMILES string of the molecule is CCOc1cc(CNCCc2ccc(Cl)cc2Cl)ccc1OCc1cccc(Cl)c1. The molecule has 0 aliphatic rings. The molecule has 0 heterocycles. The number of halogens is 3. The smallest absolute Gasteiger partial charge is 0.161 e. The molecule has 1 N–H and O–H groups in total. The van der Waals surface area contributed by atoms with Gasteiger partial charge in [-0.15, -0.1) is 0 Å². The van der Waals surface area contributed by atoms with E-state index < -0.39 is 0 Å². The maximum Gasteiger partial charge on any atom is 0.161 e. The summed E-state index contributed by atoms with van der Waals surface area (Å²) >= 11 is 18.2. The van der Waals surface area contributed by atoms with E-state index >= 15 is 0 Å². The summed E-state index contributed by atoms with van der Waals surface area (Å²) in [6, 6.07) is 19.2. The van der Waals surface area contributed by atoms with Crippen molar-refractivity contribution in [1.82, 2.24) is 5.32 Å². The van der Waals surface area contributed by atoms with Crippen LogP contribution in [0.3, 0.4) is 0 Å². The Morgan fingerprint density at radius 2 is 1.63 bits per heavy atom. The summed E-state index contributed by atoms with van der Waals surface area (Å²) in [7, 11) is 0. The summed E-state index contributed by atoms with van der Waals surface area (Å²) in [4.78, 5) is 0. The second-order valence-electron chi connectivity index (χ2n) is 6.80. The van der Waals surface area contributed by atoms with E-state index in [0.717, 1.165) is 42.0 Å². The zero-order valence-corrected chi connectivity index (χ0v) is 19.0. The van der Waals surface area contributed by atoms with E-state index in [0.29, 0.717) is 34.0 Å². The number of rotatable bonds is 10. The zero-order valence-electron chi connectivity index (χ0n) is 16.8. The van der Waals surface area contributed by atoms with Gasteiger partial charge in [-0.3, -0.25) is 0 Å². The number of hydrogen-bond acceptors (Lipinski definition) is 3. The first-order valence-corrected chi connectivity index (χ1v) is 11.0. The molecule has 158 valence electrons. The molecule has 0 radical (unpaired) electrons. The zero-order chi connectivity index (χ0) is 21.3. The molecule has 0 atom stereocenters. The first kappa shape index (κ1) is 22.8. The Morgan fingerprint density at radius 3 is 2.40 bits per heavy atom. The molecule has 30 heavy (non-hydrogen) atoms. The lowest BCUT2D eigenvalue weighted by Crippen LogP contribution is -2.17. The first-order chi connectivity index (χ1) is 14.5. The van der Waals surface area contributed by atoms with Crippen LogP contribution in [-0.2, 0) is 19.6 Å². The molecule has 3 rings (SSSR count). The Kier molecular flexibility index (Phi) is 8.71. The van der Waals surface area contributed by atoms with E-state index in [1.165, 1.54) is 0 Å². The van der Waals surface area contributed by atoms with Crippen LogP contribution in [0.5, 0.6) is 11.5 Å². The lowest BCUT2D eigenvalue weighted by Gasteiger charge is -2.14. The molecule has 3 nitrogen and oxygen atoms in total. The van der Waals surface area contributed by atoms with Crippen LogP contribution in [0.1, 0.15) is 23.6 Å². The van der Waals surface area contributed by atoms with Gasteiger partial charge >= 0.3 is 0 Å². The fourth-order valence-corrected chi connectivity index (χ4v) is 3.73. The van der Waals surface area contributed by atoms with Gasteiger partial charge in [0.25, 0.3) is 0 Å². The van der Waals surface area contributed by atoms with Crippen LogP contribution in [0.15, 0.2) is 60.7 Å². The van der Waals surface area contributed by atoms with Crippen molar-refractivity contribution in [1.29, 1.82) is 0 Å². The van der Waals surface area contributed by atoms with Gasteiger partial charge in [-0.2, -0.15) is 0 Å². The Morgan fingerprint density at radius 1 is 0.800 bits per heavy atom. The molecular formula is C24H24Cl3NO2.